The van der Waals surface area contributed by atoms with E-state index in [4.69, 9.17) is 0 Å². The molecule has 1 amide bonds. The van der Waals surface area contributed by atoms with E-state index >= 15 is 0 Å². The molecule has 0 atom stereocenters. The molecule has 1 N–H and O–H groups in total. The number of rotatable bonds is 4. The highest BCUT2D eigenvalue weighted by Crippen LogP contribution is 2.30. The standard InChI is InChI=1S/C16H16F2N2OS/c17-11-7-14(18)13-4-1-5-20(15(13)8-11)10-16(21)19-9-12-3-2-6-22-12/h2-3,6-8H,1,4-5,9-10H2,(H,19,21). The summed E-state index contributed by atoms with van der Waals surface area (Å²) in [5.41, 5.74) is 0.994. The molecule has 1 aromatic heterocycles. The zero-order valence-corrected chi connectivity index (χ0v) is 12.8. The molecule has 116 valence electrons. The van der Waals surface area contributed by atoms with Crippen LogP contribution in [0.5, 0.6) is 0 Å². The smallest absolute Gasteiger partial charge is 0.239 e. The van der Waals surface area contributed by atoms with Crippen molar-refractivity contribution >= 4 is 22.9 Å². The SMILES string of the molecule is O=C(CN1CCCc2c(F)cc(F)cc21)NCc1cccs1. The van der Waals surface area contributed by atoms with E-state index < -0.39 is 11.6 Å². The highest BCUT2D eigenvalue weighted by molar-refractivity contribution is 7.09. The number of carbonyl (C=O) groups is 1. The third-order valence-corrected chi connectivity index (χ3v) is 4.58. The van der Waals surface area contributed by atoms with Crippen LogP contribution in [-0.2, 0) is 17.8 Å². The Hall–Kier alpha value is -1.95. The van der Waals surface area contributed by atoms with Gasteiger partial charge in [-0.25, -0.2) is 8.78 Å². The molecule has 6 heteroatoms. The van der Waals surface area contributed by atoms with Crippen molar-refractivity contribution in [2.75, 3.05) is 18.0 Å². The van der Waals surface area contributed by atoms with Gasteiger partial charge in [0.2, 0.25) is 5.91 Å². The van der Waals surface area contributed by atoms with Crippen molar-refractivity contribution in [3.63, 3.8) is 0 Å². The molecule has 1 aliphatic rings. The molecule has 1 aliphatic heterocycles. The first-order valence-electron chi connectivity index (χ1n) is 7.15. The van der Waals surface area contributed by atoms with Crippen LogP contribution in [0, 0.1) is 11.6 Å². The summed E-state index contributed by atoms with van der Waals surface area (Å²) in [7, 11) is 0. The quantitative estimate of drug-likeness (QED) is 0.938. The van der Waals surface area contributed by atoms with Crippen LogP contribution in [0.2, 0.25) is 0 Å². The summed E-state index contributed by atoms with van der Waals surface area (Å²) >= 11 is 1.58. The van der Waals surface area contributed by atoms with Gasteiger partial charge < -0.3 is 10.2 Å². The molecule has 1 aromatic carbocycles. The molecular weight excluding hydrogens is 306 g/mol. The fraction of sp³-hybridized carbons (Fsp3) is 0.312. The summed E-state index contributed by atoms with van der Waals surface area (Å²) in [5.74, 6) is -1.29. The molecule has 0 saturated heterocycles. The minimum Gasteiger partial charge on any atom is -0.362 e. The van der Waals surface area contributed by atoms with E-state index in [1.54, 1.807) is 16.2 Å². The average Bonchev–Trinajstić information content (AvgIpc) is 2.99. The second-order valence-corrected chi connectivity index (χ2v) is 6.30. The van der Waals surface area contributed by atoms with Gasteiger partial charge in [-0.05, 0) is 30.4 Å². The number of carbonyl (C=O) groups excluding carboxylic acids is 1. The van der Waals surface area contributed by atoms with Gasteiger partial charge in [0.25, 0.3) is 0 Å². The molecule has 0 unspecified atom stereocenters. The van der Waals surface area contributed by atoms with E-state index in [1.165, 1.54) is 6.07 Å². The van der Waals surface area contributed by atoms with E-state index in [2.05, 4.69) is 5.32 Å². The predicted molar refractivity (Wildman–Crippen MR) is 83.1 cm³/mol. The number of halogens is 2. The topological polar surface area (TPSA) is 32.3 Å². The average molecular weight is 322 g/mol. The van der Waals surface area contributed by atoms with Gasteiger partial charge in [0.05, 0.1) is 13.1 Å². The van der Waals surface area contributed by atoms with Crippen molar-refractivity contribution in [1.29, 1.82) is 0 Å². The second kappa shape index (κ2) is 6.44. The van der Waals surface area contributed by atoms with Crippen LogP contribution in [0.3, 0.4) is 0 Å². The van der Waals surface area contributed by atoms with Crippen LogP contribution in [0.25, 0.3) is 0 Å². The first kappa shape index (κ1) is 15.0. The van der Waals surface area contributed by atoms with Gasteiger partial charge in [0.15, 0.2) is 0 Å². The van der Waals surface area contributed by atoms with Gasteiger partial charge >= 0.3 is 0 Å². The molecule has 0 spiro atoms. The summed E-state index contributed by atoms with van der Waals surface area (Å²) < 4.78 is 27.2. The highest BCUT2D eigenvalue weighted by Gasteiger charge is 2.22. The molecular formula is C16H16F2N2OS. The molecule has 0 saturated carbocycles. The number of fused-ring (bicyclic) bond motifs is 1. The number of nitrogens with one attached hydrogen (secondary N) is 1. The lowest BCUT2D eigenvalue weighted by Gasteiger charge is -2.31. The molecule has 2 heterocycles. The van der Waals surface area contributed by atoms with Crippen LogP contribution < -0.4 is 10.2 Å². The van der Waals surface area contributed by atoms with Gasteiger partial charge in [-0.1, -0.05) is 6.07 Å². The Balaban J connectivity index is 1.68. The van der Waals surface area contributed by atoms with E-state index in [1.807, 2.05) is 17.5 Å². The summed E-state index contributed by atoms with van der Waals surface area (Å²) in [4.78, 5) is 14.9. The van der Waals surface area contributed by atoms with Gasteiger partial charge in [-0.3, -0.25) is 4.79 Å². The number of benzene rings is 1. The molecule has 3 rings (SSSR count). The molecule has 0 radical (unpaired) electrons. The van der Waals surface area contributed by atoms with Crippen molar-refractivity contribution in [3.05, 3.63) is 51.7 Å². The Morgan fingerprint density at radius 3 is 3.00 bits per heavy atom. The molecule has 3 nitrogen and oxygen atoms in total. The van der Waals surface area contributed by atoms with E-state index in [-0.39, 0.29) is 12.5 Å². The molecule has 22 heavy (non-hydrogen) atoms. The number of nitrogens with zero attached hydrogens (tertiary/aromatic N) is 1. The zero-order chi connectivity index (χ0) is 15.5. The van der Waals surface area contributed by atoms with Crippen LogP contribution in [0.4, 0.5) is 14.5 Å². The first-order valence-corrected chi connectivity index (χ1v) is 8.03. The van der Waals surface area contributed by atoms with Crippen LogP contribution >= 0.6 is 11.3 Å². The fourth-order valence-electron chi connectivity index (χ4n) is 2.68. The fourth-order valence-corrected chi connectivity index (χ4v) is 3.32. The summed E-state index contributed by atoms with van der Waals surface area (Å²) in [6.07, 6.45) is 1.34. The Labute approximate surface area is 131 Å². The van der Waals surface area contributed by atoms with Crippen molar-refractivity contribution < 1.29 is 13.6 Å². The van der Waals surface area contributed by atoms with Gasteiger partial charge in [0.1, 0.15) is 11.6 Å². The van der Waals surface area contributed by atoms with Crippen LogP contribution in [0.1, 0.15) is 16.9 Å². The lowest BCUT2D eigenvalue weighted by molar-refractivity contribution is -0.119. The maximum absolute atomic E-state index is 13.8. The van der Waals surface area contributed by atoms with Gasteiger partial charge in [0, 0.05) is 28.7 Å². The largest absolute Gasteiger partial charge is 0.362 e. The van der Waals surface area contributed by atoms with Gasteiger partial charge in [-0.2, -0.15) is 0 Å². The molecule has 0 aliphatic carbocycles. The number of hydrogen-bond acceptors (Lipinski definition) is 3. The third kappa shape index (κ3) is 3.27. The zero-order valence-electron chi connectivity index (χ0n) is 11.9. The van der Waals surface area contributed by atoms with Crippen molar-refractivity contribution in [2.24, 2.45) is 0 Å². The maximum atomic E-state index is 13.8. The number of anilines is 1. The van der Waals surface area contributed by atoms with E-state index in [9.17, 15) is 13.6 Å². The van der Waals surface area contributed by atoms with Crippen LogP contribution in [-0.4, -0.2) is 19.0 Å². The minimum atomic E-state index is -0.609. The summed E-state index contributed by atoms with van der Waals surface area (Å²) in [6.45, 7) is 1.22. The lowest BCUT2D eigenvalue weighted by Crippen LogP contribution is -2.39. The third-order valence-electron chi connectivity index (χ3n) is 3.71. The Kier molecular flexibility index (Phi) is 4.38. The van der Waals surface area contributed by atoms with E-state index in [0.717, 1.165) is 17.4 Å². The molecule has 0 fully saturated rings. The predicted octanol–water partition coefficient (Wildman–Crippen LogP) is 3.10. The molecule has 0 bridgehead atoms. The molecule has 2 aromatic rings. The maximum Gasteiger partial charge on any atom is 0.239 e. The number of hydrogen-bond donors (Lipinski definition) is 1. The number of thiophene rings is 1. The van der Waals surface area contributed by atoms with E-state index in [0.29, 0.717) is 30.8 Å². The minimum absolute atomic E-state index is 0.112. The first-order chi connectivity index (χ1) is 10.6. The number of amides is 1. The summed E-state index contributed by atoms with van der Waals surface area (Å²) in [6, 6.07) is 6.09. The lowest BCUT2D eigenvalue weighted by atomic mass is 10.0. The highest BCUT2D eigenvalue weighted by atomic mass is 32.1. The van der Waals surface area contributed by atoms with Crippen LogP contribution in [0.15, 0.2) is 29.6 Å². The normalized spacial score (nSPS) is 13.8. The second-order valence-electron chi connectivity index (χ2n) is 5.27. The van der Waals surface area contributed by atoms with Crippen molar-refractivity contribution in [1.82, 2.24) is 5.32 Å². The Bertz CT molecular complexity index is 673. The van der Waals surface area contributed by atoms with Crippen molar-refractivity contribution in [2.45, 2.75) is 19.4 Å². The van der Waals surface area contributed by atoms with Gasteiger partial charge in [-0.15, -0.1) is 11.3 Å². The summed E-state index contributed by atoms with van der Waals surface area (Å²) in [5, 5.41) is 4.79. The Morgan fingerprint density at radius 1 is 1.36 bits per heavy atom. The Morgan fingerprint density at radius 2 is 2.23 bits per heavy atom. The monoisotopic (exact) mass is 322 g/mol. The van der Waals surface area contributed by atoms with Crippen molar-refractivity contribution in [3.8, 4) is 0 Å².